The lowest BCUT2D eigenvalue weighted by atomic mass is 10.2. The van der Waals surface area contributed by atoms with Gasteiger partial charge in [0.25, 0.3) is 0 Å². The number of halogens is 2. The van der Waals surface area contributed by atoms with Crippen molar-refractivity contribution < 1.29 is 5.11 Å². The van der Waals surface area contributed by atoms with Gasteiger partial charge in [-0.15, -0.1) is 23.2 Å². The Hall–Kier alpha value is 0.540. The number of rotatable bonds is 2. The van der Waals surface area contributed by atoms with Crippen molar-refractivity contribution in [1.82, 2.24) is 0 Å². The van der Waals surface area contributed by atoms with E-state index in [-0.39, 0.29) is 5.41 Å². The van der Waals surface area contributed by atoms with Gasteiger partial charge in [0.2, 0.25) is 0 Å². The summed E-state index contributed by atoms with van der Waals surface area (Å²) in [5.41, 5.74) is -0.233. The molecule has 47 valence electrons. The van der Waals surface area contributed by atoms with E-state index in [0.29, 0.717) is 18.2 Å². The molecule has 3 heteroatoms. The summed E-state index contributed by atoms with van der Waals surface area (Å²) < 4.78 is 0. The highest BCUT2D eigenvalue weighted by Gasteiger charge is 2.53. The molecule has 1 rings (SSSR count). The van der Waals surface area contributed by atoms with Crippen LogP contribution in [-0.2, 0) is 5.11 Å². The molecule has 1 aliphatic rings. The summed E-state index contributed by atoms with van der Waals surface area (Å²) in [7, 11) is 0. The lowest BCUT2D eigenvalue weighted by molar-refractivity contribution is 0.145. The Morgan fingerprint density at radius 2 is 1.88 bits per heavy atom. The highest BCUT2D eigenvalue weighted by molar-refractivity contribution is 6.21. The SMILES string of the molecule is [O]C1CC1(CCl)CCl. The standard InChI is InChI=1S/C5H7Cl2O/c6-2-5(3-7)1-4(5)8/h4H,1-3H2. The summed E-state index contributed by atoms with van der Waals surface area (Å²) >= 11 is 10.9. The average Bonchev–Trinajstić information content (AvgIpc) is 2.43. The van der Waals surface area contributed by atoms with Gasteiger partial charge in [-0.1, -0.05) is 0 Å². The third kappa shape index (κ3) is 0.831. The zero-order valence-corrected chi connectivity index (χ0v) is 5.87. The zero-order chi connectivity index (χ0) is 6.20. The number of alkyl halides is 2. The van der Waals surface area contributed by atoms with Crippen LogP contribution in [0.5, 0.6) is 0 Å². The van der Waals surface area contributed by atoms with E-state index in [1.54, 1.807) is 0 Å². The first kappa shape index (κ1) is 6.66. The zero-order valence-electron chi connectivity index (χ0n) is 4.36. The minimum Gasteiger partial charge on any atom is -0.232 e. The van der Waals surface area contributed by atoms with Crippen LogP contribution < -0.4 is 0 Å². The molecule has 0 aromatic rings. The predicted molar refractivity (Wildman–Crippen MR) is 33.0 cm³/mol. The first-order valence-electron chi connectivity index (χ1n) is 2.53. The van der Waals surface area contributed by atoms with Gasteiger partial charge in [0.15, 0.2) is 0 Å². The molecule has 1 fully saturated rings. The Balaban J connectivity index is 2.39. The van der Waals surface area contributed by atoms with Gasteiger partial charge in [0.1, 0.15) is 6.10 Å². The largest absolute Gasteiger partial charge is 0.232 e. The van der Waals surface area contributed by atoms with Crippen molar-refractivity contribution in [3.05, 3.63) is 0 Å². The quantitative estimate of drug-likeness (QED) is 0.539. The van der Waals surface area contributed by atoms with Gasteiger partial charge in [0.05, 0.1) is 0 Å². The smallest absolute Gasteiger partial charge is 0.102 e. The van der Waals surface area contributed by atoms with Gasteiger partial charge in [0, 0.05) is 17.2 Å². The maximum atomic E-state index is 10.6. The van der Waals surface area contributed by atoms with E-state index in [2.05, 4.69) is 0 Å². The summed E-state index contributed by atoms with van der Waals surface area (Å²) in [6, 6.07) is 0. The van der Waals surface area contributed by atoms with E-state index in [1.807, 2.05) is 0 Å². The predicted octanol–water partition coefficient (Wildman–Crippen LogP) is 1.65. The van der Waals surface area contributed by atoms with E-state index < -0.39 is 6.10 Å². The van der Waals surface area contributed by atoms with Crippen molar-refractivity contribution >= 4 is 23.2 Å². The maximum absolute atomic E-state index is 10.6. The molecule has 0 N–H and O–H groups in total. The molecule has 1 nitrogen and oxygen atoms in total. The molecule has 0 saturated heterocycles. The van der Waals surface area contributed by atoms with E-state index in [4.69, 9.17) is 23.2 Å². The van der Waals surface area contributed by atoms with Gasteiger partial charge in [-0.2, -0.15) is 0 Å². The minimum atomic E-state index is -0.488. The summed E-state index contributed by atoms with van der Waals surface area (Å²) in [5.74, 6) is 0.843. The second-order valence-corrected chi connectivity index (χ2v) is 2.86. The molecule has 0 bridgehead atoms. The first-order chi connectivity index (χ1) is 3.75. The molecule has 1 unspecified atom stereocenters. The minimum absolute atomic E-state index is 0.233. The fourth-order valence-corrected chi connectivity index (χ4v) is 1.48. The van der Waals surface area contributed by atoms with Gasteiger partial charge >= 0.3 is 0 Å². The van der Waals surface area contributed by atoms with Crippen molar-refractivity contribution in [3.63, 3.8) is 0 Å². The number of hydrogen-bond donors (Lipinski definition) is 0. The van der Waals surface area contributed by atoms with E-state index in [0.717, 1.165) is 0 Å². The fraction of sp³-hybridized carbons (Fsp3) is 1.00. The summed E-state index contributed by atoms with van der Waals surface area (Å²) in [5, 5.41) is 10.6. The van der Waals surface area contributed by atoms with Crippen LogP contribution in [0, 0.1) is 5.41 Å². The molecular formula is C5H7Cl2O. The highest BCUT2D eigenvalue weighted by Crippen LogP contribution is 2.48. The molecule has 1 saturated carbocycles. The second-order valence-electron chi connectivity index (χ2n) is 2.32. The van der Waals surface area contributed by atoms with E-state index in [9.17, 15) is 5.11 Å². The van der Waals surface area contributed by atoms with E-state index in [1.165, 1.54) is 0 Å². The molecule has 1 atom stereocenters. The molecule has 1 aliphatic carbocycles. The Labute approximate surface area is 58.6 Å². The van der Waals surface area contributed by atoms with Crippen LogP contribution in [0.4, 0.5) is 0 Å². The molecule has 0 aliphatic heterocycles. The third-order valence-corrected chi connectivity index (χ3v) is 2.71. The summed E-state index contributed by atoms with van der Waals surface area (Å²) in [6.07, 6.45) is 0.178. The maximum Gasteiger partial charge on any atom is 0.102 e. The summed E-state index contributed by atoms with van der Waals surface area (Å²) in [6.45, 7) is 0. The normalized spacial score (nSPS) is 32.6. The Morgan fingerprint density at radius 1 is 1.50 bits per heavy atom. The van der Waals surface area contributed by atoms with Crippen molar-refractivity contribution in [3.8, 4) is 0 Å². The lowest BCUT2D eigenvalue weighted by Gasteiger charge is -2.02. The van der Waals surface area contributed by atoms with Crippen LogP contribution in [0.1, 0.15) is 6.42 Å². The van der Waals surface area contributed by atoms with E-state index >= 15 is 0 Å². The second kappa shape index (κ2) is 2.05. The Morgan fingerprint density at radius 3 is 1.88 bits per heavy atom. The fourth-order valence-electron chi connectivity index (χ4n) is 0.627. The van der Waals surface area contributed by atoms with Crippen LogP contribution in [0.3, 0.4) is 0 Å². The lowest BCUT2D eigenvalue weighted by Crippen LogP contribution is -2.09. The number of hydrogen-bond acceptors (Lipinski definition) is 0. The highest BCUT2D eigenvalue weighted by atomic mass is 35.5. The third-order valence-electron chi connectivity index (χ3n) is 1.65. The van der Waals surface area contributed by atoms with Gasteiger partial charge in [-0.3, -0.25) is 0 Å². The van der Waals surface area contributed by atoms with Crippen molar-refractivity contribution in [2.24, 2.45) is 5.41 Å². The van der Waals surface area contributed by atoms with Crippen LogP contribution in [0.25, 0.3) is 0 Å². The van der Waals surface area contributed by atoms with Gasteiger partial charge in [-0.25, -0.2) is 5.11 Å². The van der Waals surface area contributed by atoms with Crippen molar-refractivity contribution in [1.29, 1.82) is 0 Å². The van der Waals surface area contributed by atoms with Gasteiger partial charge in [-0.05, 0) is 6.42 Å². The summed E-state index contributed by atoms with van der Waals surface area (Å²) in [4.78, 5) is 0. The Bertz CT molecular complexity index is 84.9. The van der Waals surface area contributed by atoms with Crippen LogP contribution >= 0.6 is 23.2 Å². The molecule has 0 amide bonds. The molecule has 0 aromatic heterocycles. The van der Waals surface area contributed by atoms with Crippen LogP contribution in [0.15, 0.2) is 0 Å². The molecule has 0 aromatic carbocycles. The van der Waals surface area contributed by atoms with Gasteiger partial charge < -0.3 is 0 Å². The average molecular weight is 154 g/mol. The molecule has 8 heavy (non-hydrogen) atoms. The van der Waals surface area contributed by atoms with Crippen LogP contribution in [0.2, 0.25) is 0 Å². The first-order valence-corrected chi connectivity index (χ1v) is 3.60. The topological polar surface area (TPSA) is 19.9 Å². The monoisotopic (exact) mass is 153 g/mol. The van der Waals surface area contributed by atoms with Crippen molar-refractivity contribution in [2.75, 3.05) is 11.8 Å². The molecular weight excluding hydrogens is 147 g/mol. The van der Waals surface area contributed by atoms with Crippen LogP contribution in [-0.4, -0.2) is 17.9 Å². The molecule has 0 heterocycles. The molecule has 1 radical (unpaired) electrons. The Kier molecular flexibility index (Phi) is 1.71. The molecule has 0 spiro atoms. The van der Waals surface area contributed by atoms with Crippen molar-refractivity contribution in [2.45, 2.75) is 12.5 Å².